The molecule has 0 radical (unpaired) electrons. The first-order valence-corrected chi connectivity index (χ1v) is 9.09. The number of amides is 2. The van der Waals surface area contributed by atoms with Gasteiger partial charge in [-0.3, -0.25) is 14.5 Å². The van der Waals surface area contributed by atoms with Crippen LogP contribution in [0.5, 0.6) is 0 Å². The summed E-state index contributed by atoms with van der Waals surface area (Å²) >= 11 is 0. The molecule has 0 aliphatic carbocycles. The molecule has 0 unspecified atom stereocenters. The number of carbonyl (C=O) groups excluding carboxylic acids is 2. The second kappa shape index (κ2) is 7.53. The minimum Gasteiger partial charge on any atom is -0.339 e. The standard InChI is InChI=1S/C19H18F2N6O2/c1-26-16-5-7-22-27(16)8-6-14(19(26)29)23-18(28)15-10-12(24-25-15)9-11-3-2-4-13(20)17(11)21/h2-5,7,14H,6,8-10H2,1H3,(H,23,28)/t14-/m0/s1. The molecule has 2 aliphatic rings. The Bertz CT molecular complexity index is 1050. The molecule has 4 rings (SSSR count). The summed E-state index contributed by atoms with van der Waals surface area (Å²) in [6.45, 7) is 0.483. The predicted molar refractivity (Wildman–Crippen MR) is 102 cm³/mol. The van der Waals surface area contributed by atoms with E-state index in [0.717, 1.165) is 6.07 Å². The zero-order chi connectivity index (χ0) is 20.5. The van der Waals surface area contributed by atoms with Crippen LogP contribution in [-0.4, -0.2) is 46.1 Å². The Kier molecular flexibility index (Phi) is 4.91. The lowest BCUT2D eigenvalue weighted by molar-refractivity contribution is -0.124. The summed E-state index contributed by atoms with van der Waals surface area (Å²) in [5, 5.41) is 14.6. The summed E-state index contributed by atoms with van der Waals surface area (Å²) in [5.74, 6) is -1.96. The summed E-state index contributed by atoms with van der Waals surface area (Å²) in [6, 6.07) is 4.92. The third kappa shape index (κ3) is 3.65. The van der Waals surface area contributed by atoms with Crippen LogP contribution in [0.3, 0.4) is 0 Å². The van der Waals surface area contributed by atoms with Gasteiger partial charge in [-0.05, 0) is 18.1 Å². The normalized spacial score (nSPS) is 18.8. The lowest BCUT2D eigenvalue weighted by Gasteiger charge is -2.20. The third-order valence-electron chi connectivity index (χ3n) is 4.97. The smallest absolute Gasteiger partial charge is 0.268 e. The summed E-state index contributed by atoms with van der Waals surface area (Å²) in [7, 11) is 1.63. The Morgan fingerprint density at radius 2 is 2.10 bits per heavy atom. The van der Waals surface area contributed by atoms with Crippen molar-refractivity contribution in [2.75, 3.05) is 11.9 Å². The minimum atomic E-state index is -0.934. The Labute approximate surface area is 164 Å². The van der Waals surface area contributed by atoms with Gasteiger partial charge >= 0.3 is 0 Å². The molecule has 150 valence electrons. The van der Waals surface area contributed by atoms with Crippen LogP contribution < -0.4 is 10.2 Å². The molecule has 0 saturated heterocycles. The van der Waals surface area contributed by atoms with Crippen LogP contribution in [-0.2, 0) is 22.6 Å². The van der Waals surface area contributed by atoms with Gasteiger partial charge < -0.3 is 5.32 Å². The van der Waals surface area contributed by atoms with E-state index < -0.39 is 23.6 Å². The highest BCUT2D eigenvalue weighted by molar-refractivity contribution is 6.43. The highest BCUT2D eigenvalue weighted by atomic mass is 19.2. The number of aryl methyl sites for hydroxylation is 1. The van der Waals surface area contributed by atoms with Crippen molar-refractivity contribution in [3.8, 4) is 0 Å². The zero-order valence-corrected chi connectivity index (χ0v) is 15.6. The lowest BCUT2D eigenvalue weighted by atomic mass is 10.0. The van der Waals surface area contributed by atoms with Crippen LogP contribution in [0.2, 0.25) is 0 Å². The molecule has 0 spiro atoms. The summed E-state index contributed by atoms with van der Waals surface area (Å²) in [6.07, 6.45) is 2.17. The number of hydrogen-bond donors (Lipinski definition) is 1. The number of nitrogens with one attached hydrogen (secondary N) is 1. The summed E-state index contributed by atoms with van der Waals surface area (Å²) in [4.78, 5) is 26.7. The van der Waals surface area contributed by atoms with Crippen molar-refractivity contribution in [2.24, 2.45) is 10.2 Å². The van der Waals surface area contributed by atoms with Gasteiger partial charge in [0, 0.05) is 32.5 Å². The molecule has 2 aliphatic heterocycles. The second-order valence-electron chi connectivity index (χ2n) is 6.90. The number of aromatic nitrogens is 2. The van der Waals surface area contributed by atoms with Gasteiger partial charge in [-0.2, -0.15) is 10.2 Å². The molecule has 2 amide bonds. The Morgan fingerprint density at radius 1 is 1.28 bits per heavy atom. The van der Waals surface area contributed by atoms with Crippen molar-refractivity contribution >= 4 is 29.1 Å². The number of hydrogen-bond acceptors (Lipinski definition) is 5. The molecule has 1 atom stereocenters. The van der Waals surface area contributed by atoms with Crippen molar-refractivity contribution < 1.29 is 18.4 Å². The fourth-order valence-electron chi connectivity index (χ4n) is 3.40. The van der Waals surface area contributed by atoms with E-state index in [2.05, 4.69) is 20.6 Å². The Morgan fingerprint density at radius 3 is 2.93 bits per heavy atom. The molecular weight excluding hydrogens is 382 g/mol. The van der Waals surface area contributed by atoms with Crippen molar-refractivity contribution in [2.45, 2.75) is 31.8 Å². The fourth-order valence-corrected chi connectivity index (χ4v) is 3.40. The number of carbonyl (C=O) groups is 2. The second-order valence-corrected chi connectivity index (χ2v) is 6.90. The van der Waals surface area contributed by atoms with E-state index in [4.69, 9.17) is 0 Å². The highest BCUT2D eigenvalue weighted by Crippen LogP contribution is 2.19. The maximum absolute atomic E-state index is 13.8. The summed E-state index contributed by atoms with van der Waals surface area (Å²) in [5.41, 5.74) is 0.731. The topological polar surface area (TPSA) is 92.0 Å². The maximum Gasteiger partial charge on any atom is 0.268 e. The molecule has 29 heavy (non-hydrogen) atoms. The van der Waals surface area contributed by atoms with E-state index in [-0.39, 0.29) is 30.0 Å². The van der Waals surface area contributed by atoms with Crippen LogP contribution >= 0.6 is 0 Å². The van der Waals surface area contributed by atoms with Gasteiger partial charge in [0.2, 0.25) is 0 Å². The molecule has 3 heterocycles. The number of nitrogens with zero attached hydrogens (tertiary/aromatic N) is 5. The van der Waals surface area contributed by atoms with Gasteiger partial charge in [-0.15, -0.1) is 5.10 Å². The quantitative estimate of drug-likeness (QED) is 0.842. The number of fused-ring (bicyclic) bond motifs is 1. The van der Waals surface area contributed by atoms with Crippen molar-refractivity contribution in [3.63, 3.8) is 0 Å². The lowest BCUT2D eigenvalue weighted by Crippen LogP contribution is -2.48. The largest absolute Gasteiger partial charge is 0.339 e. The predicted octanol–water partition coefficient (Wildman–Crippen LogP) is 1.46. The van der Waals surface area contributed by atoms with Crippen LogP contribution in [0.4, 0.5) is 14.6 Å². The van der Waals surface area contributed by atoms with Gasteiger partial charge in [0.1, 0.15) is 17.6 Å². The van der Waals surface area contributed by atoms with Gasteiger partial charge in [-0.1, -0.05) is 12.1 Å². The first kappa shape index (κ1) is 18.9. The first-order valence-electron chi connectivity index (χ1n) is 9.09. The Hall–Kier alpha value is -3.43. The van der Waals surface area contributed by atoms with Gasteiger partial charge in [0.15, 0.2) is 11.6 Å². The van der Waals surface area contributed by atoms with E-state index in [1.54, 1.807) is 24.0 Å². The SMILES string of the molecule is CN1C(=O)[C@@H](NC(=O)C2=NN=C(Cc3cccc(F)c3F)C2)CCn2nccc21. The number of benzene rings is 1. The van der Waals surface area contributed by atoms with Crippen LogP contribution in [0, 0.1) is 11.6 Å². The van der Waals surface area contributed by atoms with Crippen molar-refractivity contribution in [3.05, 3.63) is 47.7 Å². The molecule has 2 aromatic rings. The molecule has 1 aromatic heterocycles. The van der Waals surface area contributed by atoms with Crippen LogP contribution in [0.15, 0.2) is 40.7 Å². The van der Waals surface area contributed by atoms with Crippen LogP contribution in [0.25, 0.3) is 0 Å². The molecular formula is C19H18F2N6O2. The molecule has 1 N–H and O–H groups in total. The van der Waals surface area contributed by atoms with Gasteiger partial charge in [0.25, 0.3) is 11.8 Å². The number of likely N-dealkylation sites (N-methyl/N-ethyl adjacent to an activating group) is 1. The van der Waals surface area contributed by atoms with Gasteiger partial charge in [0.05, 0.1) is 11.9 Å². The van der Waals surface area contributed by atoms with E-state index in [1.807, 2.05) is 0 Å². The van der Waals surface area contributed by atoms with E-state index in [1.165, 1.54) is 17.0 Å². The van der Waals surface area contributed by atoms with Crippen LogP contribution in [0.1, 0.15) is 18.4 Å². The molecule has 8 nitrogen and oxygen atoms in total. The van der Waals surface area contributed by atoms with E-state index in [9.17, 15) is 18.4 Å². The van der Waals surface area contributed by atoms with Gasteiger partial charge in [-0.25, -0.2) is 13.5 Å². The average molecular weight is 400 g/mol. The number of halogens is 2. The van der Waals surface area contributed by atoms with Crippen molar-refractivity contribution in [1.82, 2.24) is 15.1 Å². The van der Waals surface area contributed by atoms with E-state index >= 15 is 0 Å². The monoisotopic (exact) mass is 400 g/mol. The third-order valence-corrected chi connectivity index (χ3v) is 4.97. The molecule has 10 heteroatoms. The van der Waals surface area contributed by atoms with E-state index in [0.29, 0.717) is 24.5 Å². The molecule has 0 bridgehead atoms. The highest BCUT2D eigenvalue weighted by Gasteiger charge is 2.31. The fraction of sp³-hybridized carbons (Fsp3) is 0.316. The minimum absolute atomic E-state index is 0.0517. The first-order chi connectivity index (χ1) is 13.9. The molecule has 0 fully saturated rings. The Balaban J connectivity index is 1.37. The maximum atomic E-state index is 13.8. The zero-order valence-electron chi connectivity index (χ0n) is 15.6. The molecule has 0 saturated carbocycles. The van der Waals surface area contributed by atoms with Crippen molar-refractivity contribution in [1.29, 1.82) is 0 Å². The number of anilines is 1. The average Bonchev–Trinajstić information content (AvgIpc) is 3.35. The number of rotatable bonds is 4. The summed E-state index contributed by atoms with van der Waals surface area (Å²) < 4.78 is 28.9. The molecule has 1 aromatic carbocycles.